The second-order valence-corrected chi connectivity index (χ2v) is 7.21. The largest absolute Gasteiger partial charge is 0.355 e. The number of nitrogens with one attached hydrogen (secondary N) is 3. The zero-order valence-electron chi connectivity index (χ0n) is 16.1. The predicted molar refractivity (Wildman–Crippen MR) is 120 cm³/mol. The summed E-state index contributed by atoms with van der Waals surface area (Å²) < 4.78 is 5.20. The Labute approximate surface area is 178 Å². The van der Waals surface area contributed by atoms with Gasteiger partial charge in [-0.05, 0) is 74.7 Å². The van der Waals surface area contributed by atoms with Crippen LogP contribution in [0.5, 0.6) is 0 Å². The highest BCUT2D eigenvalue weighted by molar-refractivity contribution is 7.71. The minimum atomic E-state index is 0.617. The van der Waals surface area contributed by atoms with Crippen LogP contribution in [0.1, 0.15) is 13.8 Å². The Morgan fingerprint density at radius 2 is 1.41 bits per heavy atom. The molecule has 29 heavy (non-hydrogen) atoms. The molecule has 2 aromatic heterocycles. The van der Waals surface area contributed by atoms with E-state index in [2.05, 4.69) is 32.6 Å². The van der Waals surface area contributed by atoms with Gasteiger partial charge in [0.15, 0.2) is 21.2 Å². The van der Waals surface area contributed by atoms with Crippen LogP contribution in [0.2, 0.25) is 0 Å². The topological polar surface area (TPSA) is 79.2 Å². The van der Waals surface area contributed by atoms with Gasteiger partial charge in [0.1, 0.15) is 0 Å². The third kappa shape index (κ3) is 3.66. The Bertz CT molecular complexity index is 1240. The molecular formula is C20H21N7S2. The van der Waals surface area contributed by atoms with Gasteiger partial charge in [0.25, 0.3) is 0 Å². The molecule has 0 radical (unpaired) electrons. The number of hydrogen-bond donors (Lipinski definition) is 3. The lowest BCUT2D eigenvalue weighted by molar-refractivity contribution is 0.755. The fraction of sp³-hybridized carbons (Fsp3) is 0.200. The lowest BCUT2D eigenvalue weighted by Gasteiger charge is -2.13. The van der Waals surface area contributed by atoms with E-state index < -0.39 is 0 Å². The van der Waals surface area contributed by atoms with Crippen molar-refractivity contribution in [3.8, 4) is 22.8 Å². The van der Waals surface area contributed by atoms with E-state index in [-0.39, 0.29) is 0 Å². The van der Waals surface area contributed by atoms with Gasteiger partial charge in [-0.1, -0.05) is 12.1 Å². The Balaban J connectivity index is 1.65. The third-order valence-corrected chi connectivity index (χ3v) is 5.36. The van der Waals surface area contributed by atoms with Crippen molar-refractivity contribution >= 4 is 35.8 Å². The quantitative estimate of drug-likeness (QED) is 0.366. The minimum Gasteiger partial charge on any atom is -0.355 e. The van der Waals surface area contributed by atoms with Gasteiger partial charge in [0.2, 0.25) is 0 Å². The van der Waals surface area contributed by atoms with Crippen molar-refractivity contribution in [3.05, 3.63) is 58.1 Å². The molecule has 0 amide bonds. The Morgan fingerprint density at radius 1 is 0.828 bits per heavy atom. The minimum absolute atomic E-state index is 0.617. The van der Waals surface area contributed by atoms with Crippen LogP contribution in [-0.2, 0) is 13.1 Å². The lowest BCUT2D eigenvalue weighted by atomic mass is 10.1. The molecule has 0 aliphatic rings. The first-order valence-electron chi connectivity index (χ1n) is 9.39. The van der Waals surface area contributed by atoms with Gasteiger partial charge in [-0.25, -0.2) is 0 Å². The van der Waals surface area contributed by atoms with Gasteiger partial charge in [-0.15, -0.1) is 0 Å². The van der Waals surface area contributed by atoms with Crippen LogP contribution in [0.15, 0.2) is 48.5 Å². The number of nitrogens with zero attached hydrogens (tertiary/aromatic N) is 4. The average Bonchev–Trinajstić information content (AvgIpc) is 3.30. The van der Waals surface area contributed by atoms with Crippen LogP contribution in [0.3, 0.4) is 0 Å². The smallest absolute Gasteiger partial charge is 0.195 e. The molecule has 7 nitrogen and oxygen atoms in total. The molecule has 0 atom stereocenters. The van der Waals surface area contributed by atoms with Crippen molar-refractivity contribution in [1.29, 1.82) is 0 Å². The number of rotatable bonds is 6. The number of benzene rings is 2. The number of hydrogen-bond acceptors (Lipinski definition) is 5. The number of para-hydroxylation sites is 1. The van der Waals surface area contributed by atoms with Crippen molar-refractivity contribution < 1.29 is 0 Å². The van der Waals surface area contributed by atoms with Crippen LogP contribution >= 0.6 is 24.4 Å². The summed E-state index contributed by atoms with van der Waals surface area (Å²) in [5, 5.41) is 18.0. The van der Waals surface area contributed by atoms with Crippen LogP contribution < -0.4 is 5.32 Å². The molecule has 148 valence electrons. The van der Waals surface area contributed by atoms with Crippen molar-refractivity contribution in [2.45, 2.75) is 26.9 Å². The Morgan fingerprint density at radius 3 is 2.07 bits per heavy atom. The van der Waals surface area contributed by atoms with E-state index in [0.29, 0.717) is 9.54 Å². The number of aromatic nitrogens is 6. The normalized spacial score (nSPS) is 11.0. The van der Waals surface area contributed by atoms with E-state index in [9.17, 15) is 0 Å². The summed E-state index contributed by atoms with van der Waals surface area (Å²) in [5.74, 6) is 1.65. The standard InChI is InChI=1S/C20H21N7S2/c1-3-26-17(22-24-19(26)28)13-9-11-14(12-10-13)21-16-8-6-5-7-15(16)18-23-25-20(29)27(18)4-2/h5-12,21H,3-4H2,1-2H3,(H,24,28)(H,25,29). The first kappa shape index (κ1) is 19.3. The number of anilines is 2. The molecule has 0 fully saturated rings. The van der Waals surface area contributed by atoms with Gasteiger partial charge in [0.05, 0.1) is 0 Å². The van der Waals surface area contributed by atoms with E-state index in [0.717, 1.165) is 47.2 Å². The van der Waals surface area contributed by atoms with E-state index in [1.807, 2.05) is 64.6 Å². The SMILES string of the molecule is CCn1c(-c2ccc(Nc3ccccc3-c3n[nH]c(=S)n3CC)cc2)n[nH]c1=S. The molecule has 0 unspecified atom stereocenters. The molecule has 2 aromatic carbocycles. The second kappa shape index (κ2) is 8.14. The van der Waals surface area contributed by atoms with Crippen LogP contribution in [-0.4, -0.2) is 29.5 Å². The summed E-state index contributed by atoms with van der Waals surface area (Å²) in [7, 11) is 0. The van der Waals surface area contributed by atoms with Gasteiger partial charge in [-0.3, -0.25) is 10.2 Å². The molecule has 3 N–H and O–H groups in total. The van der Waals surface area contributed by atoms with Gasteiger partial charge in [-0.2, -0.15) is 10.2 Å². The summed E-state index contributed by atoms with van der Waals surface area (Å²) >= 11 is 10.6. The third-order valence-electron chi connectivity index (χ3n) is 4.74. The molecular weight excluding hydrogens is 402 g/mol. The molecule has 4 rings (SSSR count). The Kier molecular flexibility index (Phi) is 5.41. The summed E-state index contributed by atoms with van der Waals surface area (Å²) in [6.45, 7) is 5.62. The number of H-pyrrole nitrogens is 2. The molecule has 0 spiro atoms. The van der Waals surface area contributed by atoms with Gasteiger partial charge < -0.3 is 14.5 Å². The molecule has 2 heterocycles. The highest BCUT2D eigenvalue weighted by Crippen LogP contribution is 2.30. The highest BCUT2D eigenvalue weighted by Gasteiger charge is 2.12. The second-order valence-electron chi connectivity index (χ2n) is 6.44. The van der Waals surface area contributed by atoms with E-state index >= 15 is 0 Å². The molecule has 0 saturated heterocycles. The highest BCUT2D eigenvalue weighted by atomic mass is 32.1. The van der Waals surface area contributed by atoms with Crippen molar-refractivity contribution in [2.24, 2.45) is 0 Å². The maximum atomic E-state index is 5.33. The maximum Gasteiger partial charge on any atom is 0.195 e. The van der Waals surface area contributed by atoms with Crippen LogP contribution in [0.25, 0.3) is 22.8 Å². The van der Waals surface area contributed by atoms with E-state index in [4.69, 9.17) is 24.4 Å². The zero-order chi connectivity index (χ0) is 20.4. The molecule has 9 heteroatoms. The van der Waals surface area contributed by atoms with Gasteiger partial charge >= 0.3 is 0 Å². The molecule has 0 saturated carbocycles. The molecule has 0 bridgehead atoms. The van der Waals surface area contributed by atoms with Crippen molar-refractivity contribution in [3.63, 3.8) is 0 Å². The average molecular weight is 424 g/mol. The summed E-state index contributed by atoms with van der Waals surface area (Å²) in [6, 6.07) is 16.2. The van der Waals surface area contributed by atoms with Crippen molar-refractivity contribution in [2.75, 3.05) is 5.32 Å². The van der Waals surface area contributed by atoms with Crippen LogP contribution in [0.4, 0.5) is 11.4 Å². The summed E-state index contributed by atoms with van der Waals surface area (Å²) in [5.41, 5.74) is 3.92. The summed E-state index contributed by atoms with van der Waals surface area (Å²) in [4.78, 5) is 0. The number of aromatic amines is 2. The fourth-order valence-electron chi connectivity index (χ4n) is 3.29. The predicted octanol–water partition coefficient (Wildman–Crippen LogP) is 5.31. The zero-order valence-corrected chi connectivity index (χ0v) is 17.8. The first-order chi connectivity index (χ1) is 14.1. The van der Waals surface area contributed by atoms with E-state index in [1.165, 1.54) is 0 Å². The molecule has 0 aliphatic heterocycles. The summed E-state index contributed by atoms with van der Waals surface area (Å²) in [6.07, 6.45) is 0. The van der Waals surface area contributed by atoms with Gasteiger partial charge in [0, 0.05) is 35.6 Å². The fourth-order valence-corrected chi connectivity index (χ4v) is 3.82. The van der Waals surface area contributed by atoms with Crippen molar-refractivity contribution in [1.82, 2.24) is 29.5 Å². The Hall–Kier alpha value is -3.04. The van der Waals surface area contributed by atoms with E-state index in [1.54, 1.807) is 0 Å². The first-order valence-corrected chi connectivity index (χ1v) is 10.2. The monoisotopic (exact) mass is 423 g/mol. The van der Waals surface area contributed by atoms with Crippen LogP contribution in [0, 0.1) is 9.54 Å². The lowest BCUT2D eigenvalue weighted by Crippen LogP contribution is -2.01. The molecule has 0 aliphatic carbocycles. The maximum absolute atomic E-state index is 5.33. The molecule has 4 aromatic rings.